The molecule has 2 aromatic heterocycles. The zero-order chi connectivity index (χ0) is 19.6. The molecule has 0 spiro atoms. The number of aryl methyl sites for hydroxylation is 1. The van der Waals surface area contributed by atoms with E-state index in [0.29, 0.717) is 21.5 Å². The van der Waals surface area contributed by atoms with Gasteiger partial charge in [-0.3, -0.25) is 14.2 Å². The molecular formula is C19H19N3O4S. The fourth-order valence-corrected chi connectivity index (χ4v) is 3.77. The van der Waals surface area contributed by atoms with Crippen LogP contribution >= 0.6 is 11.3 Å². The zero-order valence-electron chi connectivity index (χ0n) is 15.2. The summed E-state index contributed by atoms with van der Waals surface area (Å²) in [6.07, 6.45) is 1.35. The van der Waals surface area contributed by atoms with Gasteiger partial charge in [0, 0.05) is 4.88 Å². The van der Waals surface area contributed by atoms with Gasteiger partial charge in [0.2, 0.25) is 5.91 Å². The summed E-state index contributed by atoms with van der Waals surface area (Å²) < 4.78 is 6.33. The Morgan fingerprint density at radius 1 is 1.26 bits per heavy atom. The molecule has 0 fully saturated rings. The summed E-state index contributed by atoms with van der Waals surface area (Å²) in [5.74, 6) is -0.889. The number of anilines is 1. The van der Waals surface area contributed by atoms with Gasteiger partial charge in [-0.25, -0.2) is 9.78 Å². The van der Waals surface area contributed by atoms with Crippen LogP contribution in [0.3, 0.4) is 0 Å². The van der Waals surface area contributed by atoms with Crippen molar-refractivity contribution < 1.29 is 14.3 Å². The maximum Gasteiger partial charge on any atom is 0.341 e. The molecule has 0 radical (unpaired) electrons. The van der Waals surface area contributed by atoms with Crippen LogP contribution in [0.4, 0.5) is 5.00 Å². The Kier molecular flexibility index (Phi) is 5.36. The van der Waals surface area contributed by atoms with Crippen molar-refractivity contribution in [2.45, 2.75) is 27.3 Å². The second kappa shape index (κ2) is 7.71. The number of hydrogen-bond acceptors (Lipinski definition) is 6. The standard InChI is InChI=1S/C19H19N3O4S/c1-4-26-19(25)16-11(2)12(3)27-17(16)21-15(23)9-22-10-20-14-8-6-5-7-13(14)18(22)24/h5-8,10H,4,9H2,1-3H3,(H,21,23). The third kappa shape index (κ3) is 3.75. The summed E-state index contributed by atoms with van der Waals surface area (Å²) in [7, 11) is 0. The van der Waals surface area contributed by atoms with Crippen molar-refractivity contribution in [2.24, 2.45) is 0 Å². The van der Waals surface area contributed by atoms with Gasteiger partial charge in [-0.05, 0) is 38.5 Å². The molecule has 0 aliphatic rings. The number of amides is 1. The molecule has 7 nitrogen and oxygen atoms in total. The van der Waals surface area contributed by atoms with Crippen molar-refractivity contribution in [3.63, 3.8) is 0 Å². The van der Waals surface area contributed by atoms with Gasteiger partial charge >= 0.3 is 5.97 Å². The molecule has 8 heteroatoms. The van der Waals surface area contributed by atoms with Crippen molar-refractivity contribution in [3.05, 3.63) is 57.0 Å². The maximum absolute atomic E-state index is 12.5. The number of para-hydroxylation sites is 1. The van der Waals surface area contributed by atoms with Crippen LogP contribution in [0.5, 0.6) is 0 Å². The van der Waals surface area contributed by atoms with Gasteiger partial charge in [-0.15, -0.1) is 11.3 Å². The van der Waals surface area contributed by atoms with E-state index in [1.807, 2.05) is 13.8 Å². The predicted molar refractivity (Wildman–Crippen MR) is 104 cm³/mol. The molecule has 1 aromatic carbocycles. The predicted octanol–water partition coefficient (Wildman–Crippen LogP) is 2.89. The first-order chi connectivity index (χ1) is 12.9. The minimum Gasteiger partial charge on any atom is -0.462 e. The molecule has 0 atom stereocenters. The molecule has 140 valence electrons. The Balaban J connectivity index is 1.85. The highest BCUT2D eigenvalue weighted by Gasteiger charge is 2.22. The van der Waals surface area contributed by atoms with E-state index in [0.717, 1.165) is 10.4 Å². The average Bonchev–Trinajstić information content (AvgIpc) is 2.91. The minimum atomic E-state index is -0.473. The van der Waals surface area contributed by atoms with E-state index in [1.54, 1.807) is 31.2 Å². The van der Waals surface area contributed by atoms with E-state index in [1.165, 1.54) is 22.2 Å². The molecule has 0 saturated heterocycles. The monoisotopic (exact) mass is 385 g/mol. The largest absolute Gasteiger partial charge is 0.462 e. The van der Waals surface area contributed by atoms with Crippen LogP contribution in [0.15, 0.2) is 35.4 Å². The smallest absolute Gasteiger partial charge is 0.341 e. The summed E-state index contributed by atoms with van der Waals surface area (Å²) in [5.41, 5.74) is 1.42. The van der Waals surface area contributed by atoms with Crippen molar-refractivity contribution in [2.75, 3.05) is 11.9 Å². The molecule has 2 heterocycles. The summed E-state index contributed by atoms with van der Waals surface area (Å²) in [4.78, 5) is 42.3. The number of benzene rings is 1. The van der Waals surface area contributed by atoms with Crippen LogP contribution in [0.2, 0.25) is 0 Å². The highest BCUT2D eigenvalue weighted by atomic mass is 32.1. The van der Waals surface area contributed by atoms with Gasteiger partial charge in [-0.1, -0.05) is 12.1 Å². The fourth-order valence-electron chi connectivity index (χ4n) is 2.70. The van der Waals surface area contributed by atoms with E-state index in [9.17, 15) is 14.4 Å². The number of fused-ring (bicyclic) bond motifs is 1. The number of thiophene rings is 1. The summed E-state index contributed by atoms with van der Waals surface area (Å²) in [6.45, 7) is 5.46. The quantitative estimate of drug-likeness (QED) is 0.682. The number of carbonyl (C=O) groups is 2. The van der Waals surface area contributed by atoms with Crippen molar-refractivity contribution in [3.8, 4) is 0 Å². The van der Waals surface area contributed by atoms with Gasteiger partial charge < -0.3 is 10.1 Å². The number of ether oxygens (including phenoxy) is 1. The lowest BCUT2D eigenvalue weighted by Crippen LogP contribution is -2.28. The fraction of sp³-hybridized carbons (Fsp3) is 0.263. The molecule has 27 heavy (non-hydrogen) atoms. The first kappa shape index (κ1) is 18.8. The van der Waals surface area contributed by atoms with Crippen molar-refractivity contribution >= 4 is 39.1 Å². The Morgan fingerprint density at radius 2 is 2.00 bits per heavy atom. The van der Waals surface area contributed by atoms with Gasteiger partial charge in [0.1, 0.15) is 11.5 Å². The maximum atomic E-state index is 12.5. The van der Waals surface area contributed by atoms with E-state index >= 15 is 0 Å². The van der Waals surface area contributed by atoms with Crippen LogP contribution in [0.1, 0.15) is 27.7 Å². The Morgan fingerprint density at radius 3 is 2.74 bits per heavy atom. The highest BCUT2D eigenvalue weighted by Crippen LogP contribution is 2.33. The molecule has 0 aliphatic carbocycles. The number of esters is 1. The Labute approximate surface area is 159 Å². The SMILES string of the molecule is CCOC(=O)c1c(NC(=O)Cn2cnc3ccccc3c2=O)sc(C)c1C. The number of hydrogen-bond donors (Lipinski definition) is 1. The van der Waals surface area contributed by atoms with E-state index in [2.05, 4.69) is 10.3 Å². The molecule has 1 N–H and O–H groups in total. The summed E-state index contributed by atoms with van der Waals surface area (Å²) >= 11 is 1.31. The van der Waals surface area contributed by atoms with Crippen LogP contribution in [0.25, 0.3) is 10.9 Å². The van der Waals surface area contributed by atoms with E-state index in [-0.39, 0.29) is 18.7 Å². The second-order valence-corrected chi connectivity index (χ2v) is 7.18. The van der Waals surface area contributed by atoms with Crippen LogP contribution < -0.4 is 10.9 Å². The minimum absolute atomic E-state index is 0.199. The number of nitrogens with zero attached hydrogens (tertiary/aromatic N) is 2. The molecular weight excluding hydrogens is 366 g/mol. The lowest BCUT2D eigenvalue weighted by molar-refractivity contribution is -0.116. The van der Waals surface area contributed by atoms with E-state index < -0.39 is 11.9 Å². The zero-order valence-corrected chi connectivity index (χ0v) is 16.1. The topological polar surface area (TPSA) is 90.3 Å². The second-order valence-electron chi connectivity index (χ2n) is 5.95. The summed E-state index contributed by atoms with van der Waals surface area (Å²) in [6, 6.07) is 6.96. The molecule has 3 aromatic rings. The van der Waals surface area contributed by atoms with Crippen molar-refractivity contribution in [1.82, 2.24) is 9.55 Å². The van der Waals surface area contributed by atoms with Gasteiger partial charge in [-0.2, -0.15) is 0 Å². The van der Waals surface area contributed by atoms with E-state index in [4.69, 9.17) is 4.74 Å². The van der Waals surface area contributed by atoms with Crippen LogP contribution in [0, 0.1) is 13.8 Å². The number of aromatic nitrogens is 2. The van der Waals surface area contributed by atoms with Crippen molar-refractivity contribution in [1.29, 1.82) is 0 Å². The van der Waals surface area contributed by atoms with Gasteiger partial charge in [0.05, 0.1) is 29.4 Å². The van der Waals surface area contributed by atoms with Gasteiger partial charge in [0.15, 0.2) is 0 Å². The first-order valence-electron chi connectivity index (χ1n) is 8.43. The summed E-state index contributed by atoms with van der Waals surface area (Å²) in [5, 5.41) is 3.60. The van der Waals surface area contributed by atoms with Crippen LogP contribution in [-0.2, 0) is 16.1 Å². The van der Waals surface area contributed by atoms with Crippen LogP contribution in [-0.4, -0.2) is 28.0 Å². The third-order valence-corrected chi connectivity index (χ3v) is 5.29. The van der Waals surface area contributed by atoms with Gasteiger partial charge in [0.25, 0.3) is 5.56 Å². The highest BCUT2D eigenvalue weighted by molar-refractivity contribution is 7.16. The molecule has 0 unspecified atom stereocenters. The lowest BCUT2D eigenvalue weighted by Gasteiger charge is -2.09. The Bertz CT molecular complexity index is 1080. The lowest BCUT2D eigenvalue weighted by atomic mass is 10.1. The molecule has 0 aliphatic heterocycles. The number of carbonyl (C=O) groups excluding carboxylic acids is 2. The first-order valence-corrected chi connectivity index (χ1v) is 9.25. The number of nitrogens with one attached hydrogen (secondary N) is 1. The number of rotatable bonds is 5. The normalized spacial score (nSPS) is 10.8. The molecule has 0 bridgehead atoms. The average molecular weight is 385 g/mol. The third-order valence-electron chi connectivity index (χ3n) is 4.16. The Hall–Kier alpha value is -3.00. The molecule has 1 amide bonds. The molecule has 0 saturated carbocycles. The molecule has 3 rings (SSSR count).